The van der Waals surface area contributed by atoms with E-state index in [1.165, 1.54) is 4.88 Å². The summed E-state index contributed by atoms with van der Waals surface area (Å²) in [6.07, 6.45) is 2.61. The molecule has 0 saturated heterocycles. The normalized spacial score (nSPS) is 17.2. The number of amides is 1. The minimum atomic E-state index is -0.329. The highest BCUT2D eigenvalue weighted by molar-refractivity contribution is 7.09. The van der Waals surface area contributed by atoms with Crippen LogP contribution in [0.25, 0.3) is 0 Å². The molecule has 136 valence electrons. The Kier molecular flexibility index (Phi) is 4.85. The number of nitrogens with one attached hydrogen (secondary N) is 1. The summed E-state index contributed by atoms with van der Waals surface area (Å²) in [6.45, 7) is 4.51. The van der Waals surface area contributed by atoms with Crippen LogP contribution in [0.1, 0.15) is 28.1 Å². The van der Waals surface area contributed by atoms with Crippen LogP contribution in [0.2, 0.25) is 0 Å². The van der Waals surface area contributed by atoms with Gasteiger partial charge in [0.1, 0.15) is 11.8 Å². The summed E-state index contributed by atoms with van der Waals surface area (Å²) in [5, 5.41) is 13.5. The number of rotatable bonds is 6. The lowest BCUT2D eigenvalue weighted by molar-refractivity contribution is -0.126. The minimum absolute atomic E-state index is 0.00698. The fourth-order valence-electron chi connectivity index (χ4n) is 3.28. The lowest BCUT2D eigenvalue weighted by atomic mass is 10.1. The predicted octanol–water partition coefficient (Wildman–Crippen LogP) is 2.16. The van der Waals surface area contributed by atoms with E-state index in [0.717, 1.165) is 30.1 Å². The number of carbonyl (C=O) groups excluding carboxylic acids is 1. The van der Waals surface area contributed by atoms with Gasteiger partial charge in [-0.3, -0.25) is 14.4 Å². The Balaban J connectivity index is 1.41. The third kappa shape index (κ3) is 3.71. The van der Waals surface area contributed by atoms with Crippen LogP contribution < -0.4 is 5.32 Å². The molecule has 0 saturated carbocycles. The maximum Gasteiger partial charge on any atom is 0.246 e. The van der Waals surface area contributed by atoms with Gasteiger partial charge in [0.15, 0.2) is 0 Å². The second kappa shape index (κ2) is 7.43. The Bertz CT molecular complexity index is 870. The van der Waals surface area contributed by atoms with Crippen molar-refractivity contribution >= 4 is 17.2 Å². The maximum atomic E-state index is 12.8. The molecule has 0 spiro atoms. The number of hydrogen-bond donors (Lipinski definition) is 1. The van der Waals surface area contributed by atoms with Crippen LogP contribution in [0.3, 0.4) is 0 Å². The van der Waals surface area contributed by atoms with E-state index in [1.807, 2.05) is 29.8 Å². The van der Waals surface area contributed by atoms with Gasteiger partial charge in [-0.15, -0.1) is 11.3 Å². The van der Waals surface area contributed by atoms with Gasteiger partial charge >= 0.3 is 0 Å². The van der Waals surface area contributed by atoms with Gasteiger partial charge in [-0.05, 0) is 30.9 Å². The molecule has 1 N–H and O–H groups in total. The minimum Gasteiger partial charge on any atom is -0.361 e. The highest BCUT2D eigenvalue weighted by atomic mass is 32.1. The quantitative estimate of drug-likeness (QED) is 0.719. The van der Waals surface area contributed by atoms with Crippen molar-refractivity contribution in [2.75, 3.05) is 13.1 Å². The third-order valence-corrected chi connectivity index (χ3v) is 5.42. The van der Waals surface area contributed by atoms with E-state index in [4.69, 9.17) is 4.52 Å². The van der Waals surface area contributed by atoms with Gasteiger partial charge in [-0.25, -0.2) is 0 Å². The Morgan fingerprint density at radius 2 is 2.38 bits per heavy atom. The molecule has 8 heteroatoms. The monoisotopic (exact) mass is 371 g/mol. The molecule has 1 aliphatic heterocycles. The van der Waals surface area contributed by atoms with Crippen molar-refractivity contribution in [3.05, 3.63) is 57.9 Å². The molecule has 1 atom stereocenters. The topological polar surface area (TPSA) is 76.2 Å². The number of thiophene rings is 1. The molecule has 1 aliphatic rings. The van der Waals surface area contributed by atoms with E-state index in [2.05, 4.69) is 31.9 Å². The molecule has 3 aromatic heterocycles. The van der Waals surface area contributed by atoms with Crippen LogP contribution in [-0.2, 0) is 24.3 Å². The molecule has 7 nitrogen and oxygen atoms in total. The number of aromatic nitrogens is 3. The first-order valence-corrected chi connectivity index (χ1v) is 9.54. The van der Waals surface area contributed by atoms with Crippen LogP contribution in [0.4, 0.5) is 0 Å². The first kappa shape index (κ1) is 17.0. The lowest BCUT2D eigenvalue weighted by Crippen LogP contribution is -2.45. The van der Waals surface area contributed by atoms with Crippen molar-refractivity contribution in [2.45, 2.75) is 32.5 Å². The third-order valence-electron chi connectivity index (χ3n) is 4.48. The first-order valence-electron chi connectivity index (χ1n) is 8.66. The van der Waals surface area contributed by atoms with Gasteiger partial charge in [0.2, 0.25) is 5.91 Å². The molecule has 1 amide bonds. The van der Waals surface area contributed by atoms with Crippen molar-refractivity contribution in [2.24, 2.45) is 0 Å². The predicted molar refractivity (Wildman–Crippen MR) is 97.7 cm³/mol. The van der Waals surface area contributed by atoms with Crippen molar-refractivity contribution in [1.82, 2.24) is 25.2 Å². The summed E-state index contributed by atoms with van der Waals surface area (Å²) in [7, 11) is 0. The summed E-state index contributed by atoms with van der Waals surface area (Å²) >= 11 is 1.71. The molecule has 0 aromatic carbocycles. The molecule has 0 fully saturated rings. The molecule has 4 heterocycles. The molecule has 3 aromatic rings. The van der Waals surface area contributed by atoms with Crippen molar-refractivity contribution in [3.8, 4) is 0 Å². The van der Waals surface area contributed by atoms with Crippen LogP contribution in [0.15, 0.2) is 40.4 Å². The van der Waals surface area contributed by atoms with Gasteiger partial charge in [0.25, 0.3) is 0 Å². The molecular formula is C18H21N5O2S. The zero-order valence-corrected chi connectivity index (χ0v) is 15.4. The van der Waals surface area contributed by atoms with Crippen molar-refractivity contribution in [3.63, 3.8) is 0 Å². The van der Waals surface area contributed by atoms with E-state index < -0.39 is 0 Å². The standard InChI is InChI=1S/C18H21N5O2S/c1-13-9-14(21-25-13)10-22-11-15-4-7-20-23(15)17(12-22)18(24)19-6-5-16-3-2-8-26-16/h2-4,7-9,17H,5-6,10-12H2,1H3,(H,19,24). The van der Waals surface area contributed by atoms with Crippen LogP contribution in [0.5, 0.6) is 0 Å². The highest BCUT2D eigenvalue weighted by Crippen LogP contribution is 2.22. The second-order valence-electron chi connectivity index (χ2n) is 6.50. The average molecular weight is 371 g/mol. The molecule has 26 heavy (non-hydrogen) atoms. The number of carbonyl (C=O) groups is 1. The molecule has 1 unspecified atom stereocenters. The summed E-state index contributed by atoms with van der Waals surface area (Å²) < 4.78 is 6.99. The lowest BCUT2D eigenvalue weighted by Gasteiger charge is -2.32. The molecule has 0 aliphatic carbocycles. The van der Waals surface area contributed by atoms with E-state index in [9.17, 15) is 4.79 Å². The Hall–Kier alpha value is -2.45. The Labute approximate surface area is 155 Å². The van der Waals surface area contributed by atoms with Gasteiger partial charge in [-0.1, -0.05) is 11.2 Å². The molecule has 4 rings (SSSR count). The second-order valence-corrected chi connectivity index (χ2v) is 7.53. The zero-order chi connectivity index (χ0) is 17.9. The number of aryl methyl sites for hydroxylation is 1. The van der Waals surface area contributed by atoms with E-state index in [0.29, 0.717) is 19.6 Å². The summed E-state index contributed by atoms with van der Waals surface area (Å²) in [5.41, 5.74) is 1.92. The fraction of sp³-hybridized carbons (Fsp3) is 0.389. The van der Waals surface area contributed by atoms with E-state index in [-0.39, 0.29) is 11.9 Å². The fourth-order valence-corrected chi connectivity index (χ4v) is 3.99. The average Bonchev–Trinajstić information content (AvgIpc) is 3.36. The van der Waals surface area contributed by atoms with Crippen molar-refractivity contribution < 1.29 is 9.32 Å². The van der Waals surface area contributed by atoms with Gasteiger partial charge in [0.05, 0.1) is 11.4 Å². The highest BCUT2D eigenvalue weighted by Gasteiger charge is 2.31. The van der Waals surface area contributed by atoms with E-state index >= 15 is 0 Å². The van der Waals surface area contributed by atoms with E-state index in [1.54, 1.807) is 17.5 Å². The van der Waals surface area contributed by atoms with Crippen molar-refractivity contribution in [1.29, 1.82) is 0 Å². The smallest absolute Gasteiger partial charge is 0.246 e. The summed E-state index contributed by atoms with van der Waals surface area (Å²) in [6, 6.07) is 7.69. The zero-order valence-electron chi connectivity index (χ0n) is 14.6. The van der Waals surface area contributed by atoms with Gasteiger partial charge in [0, 0.05) is 43.3 Å². The van der Waals surface area contributed by atoms with Gasteiger partial charge in [-0.2, -0.15) is 5.10 Å². The van der Waals surface area contributed by atoms with Gasteiger partial charge < -0.3 is 9.84 Å². The summed E-state index contributed by atoms with van der Waals surface area (Å²) in [4.78, 5) is 16.2. The first-order chi connectivity index (χ1) is 12.7. The maximum absolute atomic E-state index is 12.8. The largest absolute Gasteiger partial charge is 0.361 e. The Morgan fingerprint density at radius 3 is 3.15 bits per heavy atom. The van der Waals surface area contributed by atoms with Crippen LogP contribution in [-0.4, -0.2) is 38.8 Å². The Morgan fingerprint density at radius 1 is 1.46 bits per heavy atom. The number of fused-ring (bicyclic) bond motifs is 1. The SMILES string of the molecule is Cc1cc(CN2Cc3ccnn3C(C(=O)NCCc3cccs3)C2)no1. The number of nitrogens with zero attached hydrogens (tertiary/aromatic N) is 4. The van der Waals surface area contributed by atoms with Crippen LogP contribution in [0, 0.1) is 6.92 Å². The molecular weight excluding hydrogens is 350 g/mol. The molecule has 0 radical (unpaired) electrons. The number of hydrogen-bond acceptors (Lipinski definition) is 6. The van der Waals surface area contributed by atoms with Crippen LogP contribution >= 0.6 is 11.3 Å². The molecule has 0 bridgehead atoms. The summed E-state index contributed by atoms with van der Waals surface area (Å²) in [5.74, 6) is 0.803.